The van der Waals surface area contributed by atoms with Gasteiger partial charge in [-0.05, 0) is 37.0 Å². The van der Waals surface area contributed by atoms with Crippen LogP contribution in [0.1, 0.15) is 36.5 Å². The first kappa shape index (κ1) is 12.7. The number of hydrogen-bond acceptors (Lipinski definition) is 3. The number of rotatable bonds is 2. The van der Waals surface area contributed by atoms with E-state index in [0.717, 1.165) is 25.9 Å². The van der Waals surface area contributed by atoms with Gasteiger partial charge >= 0.3 is 0 Å². The molecule has 1 unspecified atom stereocenters. The van der Waals surface area contributed by atoms with E-state index < -0.39 is 0 Å². The van der Waals surface area contributed by atoms with Crippen LogP contribution in [0, 0.1) is 5.92 Å². The van der Waals surface area contributed by atoms with E-state index in [4.69, 9.17) is 5.73 Å². The average Bonchev–Trinajstić information content (AvgIpc) is 2.41. The van der Waals surface area contributed by atoms with Gasteiger partial charge in [-0.15, -0.1) is 0 Å². The van der Waals surface area contributed by atoms with E-state index in [1.54, 1.807) is 6.07 Å². The van der Waals surface area contributed by atoms with Gasteiger partial charge in [0.2, 0.25) is 0 Å². The number of nitrogen functional groups attached to an aromatic ring is 1. The molecule has 0 spiro atoms. The van der Waals surface area contributed by atoms with Gasteiger partial charge in [0.25, 0.3) is 5.91 Å². The summed E-state index contributed by atoms with van der Waals surface area (Å²) in [5.74, 6) is 0.597. The summed E-state index contributed by atoms with van der Waals surface area (Å²) in [7, 11) is 0. The smallest absolute Gasteiger partial charge is 0.256 e. The lowest BCUT2D eigenvalue weighted by atomic mass is 9.95. The Balaban J connectivity index is 2.17. The van der Waals surface area contributed by atoms with E-state index in [0.29, 0.717) is 17.2 Å². The molecule has 1 aromatic rings. The molecule has 0 bridgehead atoms. The highest BCUT2D eigenvalue weighted by Crippen LogP contribution is 2.24. The van der Waals surface area contributed by atoms with E-state index >= 15 is 0 Å². The van der Waals surface area contributed by atoms with Crippen molar-refractivity contribution in [3.8, 4) is 5.75 Å². The second kappa shape index (κ2) is 5.29. The second-order valence-electron chi connectivity index (χ2n) is 4.94. The van der Waals surface area contributed by atoms with Crippen molar-refractivity contribution in [2.45, 2.75) is 26.2 Å². The van der Waals surface area contributed by atoms with Gasteiger partial charge in [0, 0.05) is 18.8 Å². The van der Waals surface area contributed by atoms with Crippen molar-refractivity contribution in [2.24, 2.45) is 5.92 Å². The fourth-order valence-corrected chi connectivity index (χ4v) is 2.48. The van der Waals surface area contributed by atoms with Crippen molar-refractivity contribution >= 4 is 11.6 Å². The Morgan fingerprint density at radius 1 is 1.56 bits per heavy atom. The summed E-state index contributed by atoms with van der Waals surface area (Å²) in [5, 5.41) is 9.46. The predicted octanol–water partition coefficient (Wildman–Crippen LogP) is 2.24. The van der Waals surface area contributed by atoms with E-state index in [1.807, 2.05) is 4.90 Å². The van der Waals surface area contributed by atoms with E-state index in [1.165, 1.54) is 18.6 Å². The maximum absolute atomic E-state index is 12.4. The largest absolute Gasteiger partial charge is 0.508 e. The number of anilines is 1. The van der Waals surface area contributed by atoms with Gasteiger partial charge in [0.1, 0.15) is 5.75 Å². The Kier molecular flexibility index (Phi) is 3.75. The third kappa shape index (κ3) is 2.58. The van der Waals surface area contributed by atoms with Crippen LogP contribution < -0.4 is 5.73 Å². The minimum Gasteiger partial charge on any atom is -0.508 e. The zero-order valence-electron chi connectivity index (χ0n) is 10.7. The number of nitrogens with two attached hydrogens (primary N) is 1. The second-order valence-corrected chi connectivity index (χ2v) is 4.94. The van der Waals surface area contributed by atoms with Gasteiger partial charge in [-0.1, -0.05) is 13.3 Å². The number of amides is 1. The number of carbonyl (C=O) groups is 1. The Bertz CT molecular complexity index is 445. The monoisotopic (exact) mass is 248 g/mol. The number of piperidine rings is 1. The summed E-state index contributed by atoms with van der Waals surface area (Å²) in [6, 6.07) is 4.52. The van der Waals surface area contributed by atoms with Crippen LogP contribution in [-0.4, -0.2) is 29.0 Å². The molecule has 1 aliphatic rings. The molecular weight excluding hydrogens is 228 g/mol. The minimum atomic E-state index is -0.0680. The average molecular weight is 248 g/mol. The van der Waals surface area contributed by atoms with Crippen LogP contribution in [0.3, 0.4) is 0 Å². The molecule has 4 nitrogen and oxygen atoms in total. The third-order valence-electron chi connectivity index (χ3n) is 3.65. The molecule has 1 atom stereocenters. The summed E-state index contributed by atoms with van der Waals surface area (Å²) in [4.78, 5) is 14.2. The molecule has 3 N–H and O–H groups in total. The van der Waals surface area contributed by atoms with Gasteiger partial charge < -0.3 is 15.7 Å². The van der Waals surface area contributed by atoms with Gasteiger partial charge in [0.05, 0.1) is 5.56 Å². The normalized spacial score (nSPS) is 19.8. The van der Waals surface area contributed by atoms with E-state index in [-0.39, 0.29) is 11.7 Å². The molecule has 1 heterocycles. The van der Waals surface area contributed by atoms with Gasteiger partial charge in [0.15, 0.2) is 0 Å². The van der Waals surface area contributed by atoms with Crippen molar-refractivity contribution < 1.29 is 9.90 Å². The summed E-state index contributed by atoms with van der Waals surface area (Å²) < 4.78 is 0. The molecule has 18 heavy (non-hydrogen) atoms. The first-order valence-corrected chi connectivity index (χ1v) is 6.49. The first-order chi connectivity index (χ1) is 8.61. The number of phenols is 1. The highest BCUT2D eigenvalue weighted by atomic mass is 16.3. The van der Waals surface area contributed by atoms with E-state index in [9.17, 15) is 9.90 Å². The Morgan fingerprint density at radius 2 is 2.33 bits per heavy atom. The number of nitrogens with zero attached hydrogens (tertiary/aromatic N) is 1. The standard InChI is InChI=1S/C14H20N2O2/c1-2-10-4-3-7-16(9-10)14(18)12-8-11(17)5-6-13(12)15/h5-6,8,10,17H,2-4,7,9,15H2,1H3. The lowest BCUT2D eigenvalue weighted by Crippen LogP contribution is -2.40. The third-order valence-corrected chi connectivity index (χ3v) is 3.65. The Morgan fingerprint density at radius 3 is 3.06 bits per heavy atom. The maximum atomic E-state index is 12.4. The predicted molar refractivity (Wildman–Crippen MR) is 71.4 cm³/mol. The summed E-state index contributed by atoms with van der Waals surface area (Å²) in [5.41, 5.74) is 6.64. The van der Waals surface area contributed by atoms with Crippen LogP contribution in [0.4, 0.5) is 5.69 Å². The van der Waals surface area contributed by atoms with Gasteiger partial charge in [-0.2, -0.15) is 0 Å². The number of phenolic OH excluding ortho intramolecular Hbond substituents is 1. The molecule has 1 aliphatic heterocycles. The van der Waals surface area contributed by atoms with Crippen LogP contribution in [0.2, 0.25) is 0 Å². The number of carbonyl (C=O) groups excluding carboxylic acids is 1. The molecule has 4 heteroatoms. The number of benzene rings is 1. The van der Waals surface area contributed by atoms with Gasteiger partial charge in [-0.25, -0.2) is 0 Å². The van der Waals surface area contributed by atoms with Crippen molar-refractivity contribution in [3.05, 3.63) is 23.8 Å². The fourth-order valence-electron chi connectivity index (χ4n) is 2.48. The highest BCUT2D eigenvalue weighted by Gasteiger charge is 2.24. The molecular formula is C14H20N2O2. The first-order valence-electron chi connectivity index (χ1n) is 6.49. The molecule has 0 saturated carbocycles. The zero-order chi connectivity index (χ0) is 13.1. The molecule has 1 saturated heterocycles. The molecule has 1 fully saturated rings. The fraction of sp³-hybridized carbons (Fsp3) is 0.500. The van der Waals surface area contributed by atoms with Crippen molar-refractivity contribution in [1.82, 2.24) is 4.90 Å². The molecule has 1 amide bonds. The van der Waals surface area contributed by atoms with Crippen molar-refractivity contribution in [2.75, 3.05) is 18.8 Å². The molecule has 0 aliphatic carbocycles. The van der Waals surface area contributed by atoms with Crippen LogP contribution >= 0.6 is 0 Å². The van der Waals surface area contributed by atoms with Crippen molar-refractivity contribution in [3.63, 3.8) is 0 Å². The summed E-state index contributed by atoms with van der Waals surface area (Å²) >= 11 is 0. The zero-order valence-corrected chi connectivity index (χ0v) is 10.7. The SMILES string of the molecule is CCC1CCCN(C(=O)c2cc(O)ccc2N)C1. The minimum absolute atomic E-state index is 0.0680. The lowest BCUT2D eigenvalue weighted by molar-refractivity contribution is 0.0672. The molecule has 0 aromatic heterocycles. The topological polar surface area (TPSA) is 66.6 Å². The number of aromatic hydroxyl groups is 1. The van der Waals surface area contributed by atoms with Crippen LogP contribution in [0.5, 0.6) is 5.75 Å². The molecule has 98 valence electrons. The molecule has 1 aromatic carbocycles. The molecule has 2 rings (SSSR count). The van der Waals surface area contributed by atoms with Crippen LogP contribution in [-0.2, 0) is 0 Å². The lowest BCUT2D eigenvalue weighted by Gasteiger charge is -2.32. The summed E-state index contributed by atoms with van der Waals surface area (Å²) in [6.45, 7) is 3.73. The van der Waals surface area contributed by atoms with Crippen LogP contribution in [0.15, 0.2) is 18.2 Å². The Hall–Kier alpha value is -1.71. The maximum Gasteiger partial charge on any atom is 0.256 e. The summed E-state index contributed by atoms with van der Waals surface area (Å²) in [6.07, 6.45) is 3.33. The van der Waals surface area contributed by atoms with Crippen molar-refractivity contribution in [1.29, 1.82) is 0 Å². The Labute approximate surface area is 107 Å². The number of likely N-dealkylation sites (tertiary alicyclic amines) is 1. The van der Waals surface area contributed by atoms with Crippen LogP contribution in [0.25, 0.3) is 0 Å². The quantitative estimate of drug-likeness (QED) is 0.623. The highest BCUT2D eigenvalue weighted by molar-refractivity contribution is 5.99. The van der Waals surface area contributed by atoms with Gasteiger partial charge in [-0.3, -0.25) is 4.79 Å². The molecule has 0 radical (unpaired) electrons. The van der Waals surface area contributed by atoms with E-state index in [2.05, 4.69) is 6.92 Å². The number of hydrogen-bond donors (Lipinski definition) is 2.